The third-order valence-corrected chi connectivity index (χ3v) is 6.51. The molecule has 17 nitrogen and oxygen atoms in total. The smallest absolute Gasteiger partial charge is 0.305 e. The first-order chi connectivity index (χ1) is 19.2. The highest BCUT2D eigenvalue weighted by atomic mass is 32.2. The molecule has 0 saturated heterocycles. The van der Waals surface area contributed by atoms with E-state index in [0.29, 0.717) is 77.4 Å². The first-order valence-electron chi connectivity index (χ1n) is 12.3. The number of carboxylic acids is 1. The number of nitrogens with two attached hydrogens (primary N) is 1. The maximum absolute atomic E-state index is 11.8. The van der Waals surface area contributed by atoms with Crippen molar-refractivity contribution in [3.8, 4) is 0 Å². The van der Waals surface area contributed by atoms with E-state index >= 15 is 0 Å². The number of anilines is 1. The van der Waals surface area contributed by atoms with E-state index in [1.807, 2.05) is 0 Å². The Labute approximate surface area is 236 Å². The van der Waals surface area contributed by atoms with Gasteiger partial charge in [0, 0.05) is 19.4 Å². The number of amides is 2. The monoisotopic (exact) mass is 615 g/mol. The molecule has 1 rings (SSSR count). The number of aromatic nitrogens is 2. The zero-order valence-corrected chi connectivity index (χ0v) is 23.7. The molecule has 19 heteroatoms. The van der Waals surface area contributed by atoms with Crippen molar-refractivity contribution in [1.82, 2.24) is 15.5 Å². The van der Waals surface area contributed by atoms with E-state index in [2.05, 4.69) is 20.8 Å². The van der Waals surface area contributed by atoms with Crippen LogP contribution in [0.1, 0.15) is 19.3 Å². The van der Waals surface area contributed by atoms with E-state index in [0.717, 1.165) is 0 Å². The number of nitrogens with one attached hydrogen (secondary N) is 2. The van der Waals surface area contributed by atoms with Crippen molar-refractivity contribution in [2.24, 2.45) is 5.14 Å². The number of sulfonamides is 1. The molecule has 0 bridgehead atoms. The minimum absolute atomic E-state index is 0.0250. The van der Waals surface area contributed by atoms with Crippen molar-refractivity contribution in [2.45, 2.75) is 23.6 Å². The summed E-state index contributed by atoms with van der Waals surface area (Å²) in [6, 6.07) is 0. The molecule has 0 spiro atoms. The molecule has 1 aromatic heterocycles. The average Bonchev–Trinajstić information content (AvgIpc) is 3.37. The van der Waals surface area contributed by atoms with Gasteiger partial charge in [-0.15, -0.1) is 10.2 Å². The minimum Gasteiger partial charge on any atom is -0.481 e. The SMILES string of the molecule is NS(=O)(=O)c1nnc(NC(=O)CCC(=O)NCCOCCOCCOCCOCCOCCOCCC(=O)O)s1. The molecule has 0 aliphatic heterocycles. The second kappa shape index (κ2) is 22.3. The Hall–Kier alpha value is -2.36. The molecule has 1 heterocycles. The van der Waals surface area contributed by atoms with Crippen molar-refractivity contribution in [3.05, 3.63) is 0 Å². The second-order valence-electron chi connectivity index (χ2n) is 7.63. The summed E-state index contributed by atoms with van der Waals surface area (Å²) in [5.41, 5.74) is 0. The maximum Gasteiger partial charge on any atom is 0.305 e. The Kier molecular flexibility index (Phi) is 19.9. The number of ether oxygens (including phenoxy) is 6. The zero-order chi connectivity index (χ0) is 29.5. The lowest BCUT2D eigenvalue weighted by atomic mass is 10.3. The van der Waals surface area contributed by atoms with Crippen LogP contribution in [-0.4, -0.2) is 127 Å². The number of nitrogens with zero attached hydrogens (tertiary/aromatic N) is 2. The Morgan fingerprint density at radius 1 is 0.700 bits per heavy atom. The van der Waals surface area contributed by atoms with Crippen LogP contribution >= 0.6 is 11.3 Å². The van der Waals surface area contributed by atoms with E-state index in [1.54, 1.807) is 0 Å². The van der Waals surface area contributed by atoms with Gasteiger partial charge in [-0.25, -0.2) is 13.6 Å². The number of carbonyl (C=O) groups excluding carboxylic acids is 2. The Bertz CT molecular complexity index is 964. The van der Waals surface area contributed by atoms with E-state index in [9.17, 15) is 22.8 Å². The van der Waals surface area contributed by atoms with E-state index in [1.165, 1.54) is 0 Å². The van der Waals surface area contributed by atoms with Gasteiger partial charge in [-0.3, -0.25) is 14.4 Å². The topological polar surface area (TPSA) is 237 Å². The number of rotatable bonds is 26. The standard InChI is InChI=1S/C21H37N5O12S2/c22-40(31,32)21-26-25-20(39-21)24-18(28)2-1-17(27)23-4-6-34-8-10-36-12-14-38-16-15-37-13-11-35-9-7-33-5-3-19(29)30/h1-16H2,(H,23,27)(H,29,30)(H2,22,31,32)(H,24,25,28). The van der Waals surface area contributed by atoms with Crippen molar-refractivity contribution < 1.29 is 56.3 Å². The van der Waals surface area contributed by atoms with Crippen LogP contribution in [0.15, 0.2) is 4.34 Å². The van der Waals surface area contributed by atoms with Crippen molar-refractivity contribution in [3.63, 3.8) is 0 Å². The highest BCUT2D eigenvalue weighted by Crippen LogP contribution is 2.18. The van der Waals surface area contributed by atoms with Crippen molar-refractivity contribution >= 4 is 44.3 Å². The average molecular weight is 616 g/mol. The molecular formula is C21H37N5O12S2. The highest BCUT2D eigenvalue weighted by Gasteiger charge is 2.16. The summed E-state index contributed by atoms with van der Waals surface area (Å²) in [6.45, 7) is 4.59. The van der Waals surface area contributed by atoms with Gasteiger partial charge >= 0.3 is 5.97 Å². The lowest BCUT2D eigenvalue weighted by molar-refractivity contribution is -0.138. The van der Waals surface area contributed by atoms with Crippen LogP contribution in [0.4, 0.5) is 5.13 Å². The first kappa shape index (κ1) is 35.7. The normalized spacial score (nSPS) is 11.4. The molecule has 0 saturated carbocycles. The fourth-order valence-electron chi connectivity index (χ4n) is 2.50. The van der Waals surface area contributed by atoms with Crippen molar-refractivity contribution in [1.29, 1.82) is 0 Å². The van der Waals surface area contributed by atoms with Gasteiger partial charge < -0.3 is 44.2 Å². The summed E-state index contributed by atoms with van der Waals surface area (Å²) in [4.78, 5) is 33.9. The van der Waals surface area contributed by atoms with Crippen LogP contribution in [-0.2, 0) is 52.8 Å². The third kappa shape index (κ3) is 20.5. The van der Waals surface area contributed by atoms with Crippen LogP contribution in [0.5, 0.6) is 0 Å². The van der Waals surface area contributed by atoms with Gasteiger partial charge in [0.25, 0.3) is 10.0 Å². The molecule has 0 aromatic carbocycles. The molecule has 0 aliphatic carbocycles. The molecular weight excluding hydrogens is 578 g/mol. The predicted molar refractivity (Wildman–Crippen MR) is 139 cm³/mol. The molecule has 0 unspecified atom stereocenters. The maximum atomic E-state index is 11.8. The molecule has 2 amide bonds. The molecule has 0 radical (unpaired) electrons. The number of carbonyl (C=O) groups is 3. The van der Waals surface area contributed by atoms with Gasteiger partial charge in [-0.05, 0) is 0 Å². The fraction of sp³-hybridized carbons (Fsp3) is 0.762. The molecule has 0 atom stereocenters. The number of hydrogen-bond acceptors (Lipinski definition) is 14. The molecule has 5 N–H and O–H groups in total. The Morgan fingerprint density at radius 2 is 1.15 bits per heavy atom. The number of carboxylic acid groups (broad SMARTS) is 1. The van der Waals surface area contributed by atoms with Gasteiger partial charge in [0.05, 0.1) is 85.7 Å². The van der Waals surface area contributed by atoms with E-state index in [4.69, 9.17) is 38.7 Å². The van der Waals surface area contributed by atoms with Crippen LogP contribution in [0.25, 0.3) is 0 Å². The lowest BCUT2D eigenvalue weighted by Gasteiger charge is -2.08. The largest absolute Gasteiger partial charge is 0.481 e. The van der Waals surface area contributed by atoms with E-state index < -0.39 is 26.2 Å². The Morgan fingerprint density at radius 3 is 1.60 bits per heavy atom. The van der Waals surface area contributed by atoms with Gasteiger partial charge in [0.1, 0.15) is 0 Å². The molecule has 0 aliphatic rings. The molecule has 230 valence electrons. The van der Waals surface area contributed by atoms with E-state index in [-0.39, 0.29) is 50.1 Å². The third-order valence-electron chi connectivity index (χ3n) is 4.36. The quantitative estimate of drug-likeness (QED) is 0.0692. The second-order valence-corrected chi connectivity index (χ2v) is 10.3. The molecule has 40 heavy (non-hydrogen) atoms. The fourth-order valence-corrected chi connectivity index (χ4v) is 3.85. The molecule has 0 fully saturated rings. The Balaban J connectivity index is 1.81. The van der Waals surface area contributed by atoms with Crippen LogP contribution in [0.3, 0.4) is 0 Å². The summed E-state index contributed by atoms with van der Waals surface area (Å²) in [5.74, 6) is -1.75. The predicted octanol–water partition coefficient (Wildman–Crippen LogP) is -1.41. The summed E-state index contributed by atoms with van der Waals surface area (Å²) in [7, 11) is -3.99. The van der Waals surface area contributed by atoms with Crippen LogP contribution in [0, 0.1) is 0 Å². The van der Waals surface area contributed by atoms with Gasteiger partial charge in [-0.2, -0.15) is 0 Å². The van der Waals surface area contributed by atoms with Gasteiger partial charge in [0.15, 0.2) is 0 Å². The number of hydrogen-bond donors (Lipinski definition) is 4. The summed E-state index contributed by atoms with van der Waals surface area (Å²) < 4.78 is 53.7. The summed E-state index contributed by atoms with van der Waals surface area (Å²) in [6.07, 6.45) is -0.216. The number of primary sulfonamides is 1. The summed E-state index contributed by atoms with van der Waals surface area (Å²) >= 11 is 0.614. The number of aliphatic carboxylic acids is 1. The zero-order valence-electron chi connectivity index (χ0n) is 22.0. The minimum atomic E-state index is -3.99. The van der Waals surface area contributed by atoms with Crippen LogP contribution < -0.4 is 15.8 Å². The van der Waals surface area contributed by atoms with Gasteiger partial charge in [0.2, 0.25) is 21.3 Å². The van der Waals surface area contributed by atoms with Gasteiger partial charge in [-0.1, -0.05) is 11.3 Å². The lowest BCUT2D eigenvalue weighted by Crippen LogP contribution is -2.28. The highest BCUT2D eigenvalue weighted by molar-refractivity contribution is 7.91. The first-order valence-corrected chi connectivity index (χ1v) is 14.7. The van der Waals surface area contributed by atoms with Crippen LogP contribution in [0.2, 0.25) is 0 Å². The van der Waals surface area contributed by atoms with Crippen molar-refractivity contribution in [2.75, 3.05) is 91.1 Å². The summed E-state index contributed by atoms with van der Waals surface area (Å²) in [5, 5.41) is 25.2. The molecule has 1 aromatic rings.